The summed E-state index contributed by atoms with van der Waals surface area (Å²) in [6.45, 7) is 4.39. The average molecular weight is 354 g/mol. The Morgan fingerprint density at radius 2 is 1.48 bits per heavy atom. The summed E-state index contributed by atoms with van der Waals surface area (Å²) in [7, 11) is -3.08. The molecule has 25 heavy (non-hydrogen) atoms. The molecule has 1 atom stereocenters. The first-order valence-electron chi connectivity index (χ1n) is 9.38. The van der Waals surface area contributed by atoms with Crippen LogP contribution in [0.4, 0.5) is 0 Å². The quantitative estimate of drug-likeness (QED) is 0.567. The van der Waals surface area contributed by atoms with Gasteiger partial charge in [0, 0.05) is 6.42 Å². The Morgan fingerprint density at radius 1 is 0.840 bits per heavy atom. The van der Waals surface area contributed by atoms with Gasteiger partial charge in [-0.25, -0.2) is 0 Å². The number of hydrogen-bond donors (Lipinski definition) is 0. The van der Waals surface area contributed by atoms with Gasteiger partial charge in [-0.05, 0) is 48.6 Å². The Labute approximate surface area is 151 Å². The standard InChI is InChI=1S/C22H27O2P/c1-3-5-14-19-20-15-10-11-17-22(20)25(23,18-12-8-7-9-13-18)24-21(19)16-6-4-2/h7-13,15,17H,3-6,14,16H2,1-2H3. The van der Waals surface area contributed by atoms with E-state index in [0.29, 0.717) is 0 Å². The maximum Gasteiger partial charge on any atom is 0.307 e. The lowest BCUT2D eigenvalue weighted by Gasteiger charge is -2.31. The summed E-state index contributed by atoms with van der Waals surface area (Å²) in [5.74, 6) is 0.946. The largest absolute Gasteiger partial charge is 0.441 e. The Morgan fingerprint density at radius 3 is 2.20 bits per heavy atom. The lowest BCUT2D eigenvalue weighted by Crippen LogP contribution is -2.25. The van der Waals surface area contributed by atoms with Crippen LogP contribution in [0.1, 0.15) is 57.9 Å². The van der Waals surface area contributed by atoms with Crippen molar-refractivity contribution in [3.63, 3.8) is 0 Å². The highest BCUT2D eigenvalue weighted by molar-refractivity contribution is 7.74. The van der Waals surface area contributed by atoms with E-state index in [1.165, 1.54) is 5.57 Å². The normalized spacial score (nSPS) is 19.4. The Bertz CT molecular complexity index is 793. The molecule has 0 amide bonds. The summed E-state index contributed by atoms with van der Waals surface area (Å²) in [5, 5.41) is 1.64. The first kappa shape index (κ1) is 18.0. The Balaban J connectivity index is 2.14. The third-order valence-corrected chi connectivity index (χ3v) is 7.24. The van der Waals surface area contributed by atoms with Crippen LogP contribution in [-0.2, 0) is 9.09 Å². The third kappa shape index (κ3) is 3.60. The van der Waals surface area contributed by atoms with Gasteiger partial charge in [0.2, 0.25) is 0 Å². The highest BCUT2D eigenvalue weighted by Crippen LogP contribution is 2.54. The fourth-order valence-corrected chi connectivity index (χ4v) is 5.74. The van der Waals surface area contributed by atoms with E-state index in [4.69, 9.17) is 4.52 Å². The molecule has 0 saturated carbocycles. The van der Waals surface area contributed by atoms with Gasteiger partial charge in [0.05, 0.1) is 10.6 Å². The monoisotopic (exact) mass is 354 g/mol. The van der Waals surface area contributed by atoms with Gasteiger partial charge in [-0.15, -0.1) is 0 Å². The predicted octanol–water partition coefficient (Wildman–Crippen LogP) is 6.04. The summed E-state index contributed by atoms with van der Waals surface area (Å²) in [6.07, 6.45) is 6.27. The van der Waals surface area contributed by atoms with Crippen molar-refractivity contribution in [1.82, 2.24) is 0 Å². The number of unbranched alkanes of at least 4 members (excludes halogenated alkanes) is 2. The van der Waals surface area contributed by atoms with Crippen LogP contribution in [0.3, 0.4) is 0 Å². The topological polar surface area (TPSA) is 26.3 Å². The predicted molar refractivity (Wildman–Crippen MR) is 107 cm³/mol. The molecule has 0 aromatic heterocycles. The van der Waals surface area contributed by atoms with Crippen molar-refractivity contribution in [2.45, 2.75) is 52.4 Å². The van der Waals surface area contributed by atoms with Crippen LogP contribution < -0.4 is 10.6 Å². The highest BCUT2D eigenvalue weighted by Gasteiger charge is 2.38. The number of rotatable bonds is 7. The summed E-state index contributed by atoms with van der Waals surface area (Å²) >= 11 is 0. The molecule has 2 aromatic carbocycles. The van der Waals surface area contributed by atoms with E-state index < -0.39 is 7.37 Å². The van der Waals surface area contributed by atoms with E-state index in [1.54, 1.807) is 0 Å². The second kappa shape index (κ2) is 8.06. The van der Waals surface area contributed by atoms with E-state index in [-0.39, 0.29) is 0 Å². The van der Waals surface area contributed by atoms with Gasteiger partial charge in [0.1, 0.15) is 5.76 Å². The molecule has 2 aromatic rings. The van der Waals surface area contributed by atoms with Gasteiger partial charge in [-0.2, -0.15) is 0 Å². The lowest BCUT2D eigenvalue weighted by molar-refractivity contribution is 0.396. The second-order valence-electron chi connectivity index (χ2n) is 6.60. The third-order valence-electron chi connectivity index (χ3n) is 4.76. The maximum atomic E-state index is 14.0. The summed E-state index contributed by atoms with van der Waals surface area (Å²) in [5.41, 5.74) is 2.38. The van der Waals surface area contributed by atoms with Crippen molar-refractivity contribution >= 4 is 23.6 Å². The molecule has 0 fully saturated rings. The zero-order chi connectivity index (χ0) is 17.7. The fourth-order valence-electron chi connectivity index (χ4n) is 3.37. The molecule has 3 rings (SSSR count). The molecule has 2 nitrogen and oxygen atoms in total. The van der Waals surface area contributed by atoms with Crippen LogP contribution >= 0.6 is 7.37 Å². The number of benzene rings is 2. The van der Waals surface area contributed by atoms with Crippen molar-refractivity contribution in [2.75, 3.05) is 0 Å². The fraction of sp³-hybridized carbons (Fsp3) is 0.364. The van der Waals surface area contributed by atoms with E-state index in [2.05, 4.69) is 19.9 Å². The highest BCUT2D eigenvalue weighted by atomic mass is 31.2. The van der Waals surface area contributed by atoms with E-state index >= 15 is 0 Å². The van der Waals surface area contributed by atoms with Crippen molar-refractivity contribution in [3.8, 4) is 0 Å². The van der Waals surface area contributed by atoms with Crippen LogP contribution in [0.15, 0.2) is 60.4 Å². The molecule has 0 N–H and O–H groups in total. The first-order chi connectivity index (χ1) is 12.2. The zero-order valence-electron chi connectivity index (χ0n) is 15.2. The van der Waals surface area contributed by atoms with Crippen molar-refractivity contribution in [1.29, 1.82) is 0 Å². The van der Waals surface area contributed by atoms with E-state index in [9.17, 15) is 4.57 Å². The molecule has 1 aliphatic rings. The smallest absolute Gasteiger partial charge is 0.307 e. The number of allylic oxidation sites excluding steroid dienone is 2. The van der Waals surface area contributed by atoms with Gasteiger partial charge in [0.25, 0.3) is 0 Å². The zero-order valence-corrected chi connectivity index (χ0v) is 16.1. The van der Waals surface area contributed by atoms with Gasteiger partial charge >= 0.3 is 7.37 Å². The molecule has 0 spiro atoms. The molecule has 1 aliphatic heterocycles. The summed E-state index contributed by atoms with van der Waals surface area (Å²) in [6, 6.07) is 17.8. The van der Waals surface area contributed by atoms with Crippen molar-refractivity contribution < 1.29 is 9.09 Å². The minimum Gasteiger partial charge on any atom is -0.441 e. The van der Waals surface area contributed by atoms with Gasteiger partial charge in [-0.1, -0.05) is 63.1 Å². The average Bonchev–Trinajstić information content (AvgIpc) is 2.66. The Hall–Kier alpha value is -1.79. The molecular weight excluding hydrogens is 327 g/mol. The SMILES string of the molecule is CCCCC1=C(CCCC)c2ccccc2P(=O)(c2ccccc2)O1. The second-order valence-corrected chi connectivity index (χ2v) is 8.89. The van der Waals surface area contributed by atoms with E-state index in [0.717, 1.165) is 60.5 Å². The molecule has 3 heteroatoms. The number of hydrogen-bond acceptors (Lipinski definition) is 2. The van der Waals surface area contributed by atoms with Crippen LogP contribution in [0.2, 0.25) is 0 Å². The molecule has 132 valence electrons. The number of fused-ring (bicyclic) bond motifs is 1. The first-order valence-corrected chi connectivity index (χ1v) is 11.0. The molecular formula is C22H27O2P. The van der Waals surface area contributed by atoms with Crippen molar-refractivity contribution in [3.05, 3.63) is 65.9 Å². The van der Waals surface area contributed by atoms with Gasteiger partial charge < -0.3 is 4.52 Å². The van der Waals surface area contributed by atoms with Gasteiger partial charge in [-0.3, -0.25) is 4.57 Å². The van der Waals surface area contributed by atoms with Crippen LogP contribution in [-0.4, -0.2) is 0 Å². The molecule has 0 saturated heterocycles. The molecule has 1 unspecified atom stereocenters. The van der Waals surface area contributed by atoms with Gasteiger partial charge in [0.15, 0.2) is 0 Å². The maximum absolute atomic E-state index is 14.0. The molecule has 0 aliphatic carbocycles. The Kier molecular flexibility index (Phi) is 5.81. The van der Waals surface area contributed by atoms with Crippen LogP contribution in [0.25, 0.3) is 5.57 Å². The van der Waals surface area contributed by atoms with Crippen molar-refractivity contribution in [2.24, 2.45) is 0 Å². The molecule has 0 bridgehead atoms. The minimum atomic E-state index is -3.08. The van der Waals surface area contributed by atoms with Crippen LogP contribution in [0.5, 0.6) is 0 Å². The summed E-state index contributed by atoms with van der Waals surface area (Å²) in [4.78, 5) is 0. The minimum absolute atomic E-state index is 0.783. The summed E-state index contributed by atoms with van der Waals surface area (Å²) < 4.78 is 20.3. The molecule has 0 radical (unpaired) electrons. The van der Waals surface area contributed by atoms with Crippen LogP contribution in [0, 0.1) is 0 Å². The molecule has 1 heterocycles. The van der Waals surface area contributed by atoms with E-state index in [1.807, 2.05) is 48.5 Å². The lowest BCUT2D eigenvalue weighted by atomic mass is 9.97.